The summed E-state index contributed by atoms with van der Waals surface area (Å²) < 4.78 is 7.28. The molecule has 0 saturated heterocycles. The Bertz CT molecular complexity index is 539. The molecule has 0 spiro atoms. The molecule has 0 amide bonds. The average Bonchev–Trinajstić information content (AvgIpc) is 2.78. The Morgan fingerprint density at radius 3 is 2.59 bits per heavy atom. The number of thiophene rings is 1. The van der Waals surface area contributed by atoms with Crippen LogP contribution in [0.25, 0.3) is 10.4 Å². The highest BCUT2D eigenvalue weighted by molar-refractivity contribution is 9.11. The molecule has 1 aromatic heterocycles. The van der Waals surface area contributed by atoms with E-state index < -0.39 is 0 Å². The topological polar surface area (TPSA) is 35.2 Å². The molecule has 2 N–H and O–H groups in total. The summed E-state index contributed by atoms with van der Waals surface area (Å²) in [4.78, 5) is 2.36. The van der Waals surface area contributed by atoms with Crippen LogP contribution in [-0.4, -0.2) is 7.11 Å². The van der Waals surface area contributed by atoms with Crippen LogP contribution in [0.2, 0.25) is 0 Å². The number of rotatable bonds is 3. The van der Waals surface area contributed by atoms with Gasteiger partial charge in [0.15, 0.2) is 0 Å². The number of halogens is 2. The van der Waals surface area contributed by atoms with Crippen LogP contribution in [0, 0.1) is 0 Å². The minimum Gasteiger partial charge on any atom is -0.496 e. The summed E-state index contributed by atoms with van der Waals surface area (Å²) in [5.41, 5.74) is 6.75. The molecule has 1 aromatic carbocycles. The van der Waals surface area contributed by atoms with Crippen LogP contribution in [0.3, 0.4) is 0 Å². The molecular formula is C12H11Br2NOS. The van der Waals surface area contributed by atoms with E-state index in [1.807, 2.05) is 12.1 Å². The summed E-state index contributed by atoms with van der Waals surface area (Å²) in [6, 6.07) is 8.15. The molecule has 1 heterocycles. The standard InChI is InChI=1S/C12H11Br2NOS/c1-16-11-4-8(9(13)5-10(11)14)12-3-2-7(6-15)17-12/h2-5H,6,15H2,1H3. The summed E-state index contributed by atoms with van der Waals surface area (Å²) in [7, 11) is 1.66. The summed E-state index contributed by atoms with van der Waals surface area (Å²) in [5.74, 6) is 0.825. The smallest absolute Gasteiger partial charge is 0.133 e. The second-order valence-corrected chi connectivity index (χ2v) is 6.31. The number of benzene rings is 1. The van der Waals surface area contributed by atoms with E-state index in [0.717, 1.165) is 20.3 Å². The van der Waals surface area contributed by atoms with Gasteiger partial charge >= 0.3 is 0 Å². The SMILES string of the molecule is COc1cc(-c2ccc(CN)s2)c(Br)cc1Br. The lowest BCUT2D eigenvalue weighted by Crippen LogP contribution is -1.91. The van der Waals surface area contributed by atoms with Crippen molar-refractivity contribution in [2.24, 2.45) is 5.73 Å². The van der Waals surface area contributed by atoms with Crippen LogP contribution in [0.1, 0.15) is 4.88 Å². The van der Waals surface area contributed by atoms with Gasteiger partial charge in [-0.05, 0) is 40.2 Å². The van der Waals surface area contributed by atoms with Gasteiger partial charge in [0.2, 0.25) is 0 Å². The van der Waals surface area contributed by atoms with Crippen molar-refractivity contribution in [3.63, 3.8) is 0 Å². The van der Waals surface area contributed by atoms with E-state index in [2.05, 4.69) is 44.0 Å². The molecule has 0 unspecified atom stereocenters. The van der Waals surface area contributed by atoms with E-state index in [1.165, 1.54) is 9.75 Å². The second-order valence-electron chi connectivity index (χ2n) is 3.44. The Morgan fingerprint density at radius 1 is 1.24 bits per heavy atom. The molecule has 2 rings (SSSR count). The number of hydrogen-bond donors (Lipinski definition) is 1. The van der Waals surface area contributed by atoms with Gasteiger partial charge in [0, 0.05) is 26.3 Å². The highest BCUT2D eigenvalue weighted by atomic mass is 79.9. The average molecular weight is 377 g/mol. The summed E-state index contributed by atoms with van der Waals surface area (Å²) >= 11 is 8.73. The largest absolute Gasteiger partial charge is 0.496 e. The highest BCUT2D eigenvalue weighted by Crippen LogP contribution is 2.39. The van der Waals surface area contributed by atoms with Crippen molar-refractivity contribution in [1.82, 2.24) is 0 Å². The minimum atomic E-state index is 0.579. The first-order valence-electron chi connectivity index (χ1n) is 4.98. The maximum atomic E-state index is 5.63. The molecule has 5 heteroatoms. The van der Waals surface area contributed by atoms with Crippen molar-refractivity contribution >= 4 is 43.2 Å². The van der Waals surface area contributed by atoms with Gasteiger partial charge < -0.3 is 10.5 Å². The van der Waals surface area contributed by atoms with E-state index in [1.54, 1.807) is 18.4 Å². The monoisotopic (exact) mass is 375 g/mol. The van der Waals surface area contributed by atoms with Gasteiger partial charge in [-0.2, -0.15) is 0 Å². The predicted molar refractivity (Wildman–Crippen MR) is 79.6 cm³/mol. The number of methoxy groups -OCH3 is 1. The van der Waals surface area contributed by atoms with Crippen molar-refractivity contribution < 1.29 is 4.74 Å². The van der Waals surface area contributed by atoms with Crippen LogP contribution in [0.5, 0.6) is 5.75 Å². The first-order valence-corrected chi connectivity index (χ1v) is 7.38. The molecule has 17 heavy (non-hydrogen) atoms. The van der Waals surface area contributed by atoms with Crippen LogP contribution < -0.4 is 10.5 Å². The Balaban J connectivity index is 2.50. The Hall–Kier alpha value is -0.360. The number of nitrogens with two attached hydrogens (primary N) is 1. The van der Waals surface area contributed by atoms with Gasteiger partial charge in [0.25, 0.3) is 0 Å². The van der Waals surface area contributed by atoms with E-state index in [4.69, 9.17) is 10.5 Å². The molecule has 90 valence electrons. The van der Waals surface area contributed by atoms with Gasteiger partial charge in [0.05, 0.1) is 11.6 Å². The molecule has 2 nitrogen and oxygen atoms in total. The lowest BCUT2D eigenvalue weighted by Gasteiger charge is -2.08. The molecule has 0 bridgehead atoms. The van der Waals surface area contributed by atoms with Gasteiger partial charge in [-0.3, -0.25) is 0 Å². The third kappa shape index (κ3) is 2.73. The molecule has 0 aliphatic carbocycles. The zero-order valence-corrected chi connectivity index (χ0v) is 13.2. The molecule has 0 atom stereocenters. The van der Waals surface area contributed by atoms with E-state index in [9.17, 15) is 0 Å². The van der Waals surface area contributed by atoms with Gasteiger partial charge in [-0.1, -0.05) is 15.9 Å². The first kappa shape index (κ1) is 13.1. The molecule has 0 fully saturated rings. The normalized spacial score (nSPS) is 10.6. The van der Waals surface area contributed by atoms with Gasteiger partial charge in [-0.25, -0.2) is 0 Å². The summed E-state index contributed by atoms with van der Waals surface area (Å²) in [6.07, 6.45) is 0. The zero-order valence-electron chi connectivity index (χ0n) is 9.17. The molecule has 0 aliphatic heterocycles. The molecule has 2 aromatic rings. The van der Waals surface area contributed by atoms with Crippen molar-refractivity contribution in [3.8, 4) is 16.2 Å². The van der Waals surface area contributed by atoms with Crippen molar-refractivity contribution in [2.45, 2.75) is 6.54 Å². The third-order valence-corrected chi connectivity index (χ3v) is 4.79. The third-order valence-electron chi connectivity index (χ3n) is 2.37. The fourth-order valence-electron chi connectivity index (χ4n) is 1.51. The maximum Gasteiger partial charge on any atom is 0.133 e. The Morgan fingerprint density at radius 2 is 2.00 bits per heavy atom. The lowest BCUT2D eigenvalue weighted by atomic mass is 10.2. The summed E-state index contributed by atoms with van der Waals surface area (Å²) in [6.45, 7) is 0.579. The first-order chi connectivity index (χ1) is 8.15. The van der Waals surface area contributed by atoms with Gasteiger partial charge in [0.1, 0.15) is 5.75 Å². The Kier molecular flexibility index (Phi) is 4.25. The fraction of sp³-hybridized carbons (Fsp3) is 0.167. The molecule has 0 saturated carbocycles. The van der Waals surface area contributed by atoms with Crippen LogP contribution >= 0.6 is 43.2 Å². The fourth-order valence-corrected chi connectivity index (χ4v) is 3.92. The van der Waals surface area contributed by atoms with Crippen molar-refractivity contribution in [2.75, 3.05) is 7.11 Å². The van der Waals surface area contributed by atoms with E-state index >= 15 is 0 Å². The van der Waals surface area contributed by atoms with Crippen LogP contribution in [0.4, 0.5) is 0 Å². The Labute approximate surface area is 121 Å². The quantitative estimate of drug-likeness (QED) is 0.861. The molecule has 0 aliphatic rings. The highest BCUT2D eigenvalue weighted by Gasteiger charge is 2.10. The molecular weight excluding hydrogens is 366 g/mol. The van der Waals surface area contributed by atoms with Gasteiger partial charge in [-0.15, -0.1) is 11.3 Å². The number of ether oxygens (including phenoxy) is 1. The maximum absolute atomic E-state index is 5.63. The van der Waals surface area contributed by atoms with Crippen molar-refractivity contribution in [1.29, 1.82) is 0 Å². The lowest BCUT2D eigenvalue weighted by molar-refractivity contribution is 0.412. The van der Waals surface area contributed by atoms with Crippen molar-refractivity contribution in [3.05, 3.63) is 38.1 Å². The predicted octanol–water partition coefficient (Wildman–Crippen LogP) is 4.41. The zero-order chi connectivity index (χ0) is 12.4. The van der Waals surface area contributed by atoms with E-state index in [0.29, 0.717) is 6.54 Å². The minimum absolute atomic E-state index is 0.579. The van der Waals surface area contributed by atoms with Crippen LogP contribution in [-0.2, 0) is 6.54 Å². The van der Waals surface area contributed by atoms with Crippen LogP contribution in [0.15, 0.2) is 33.2 Å². The second kappa shape index (κ2) is 5.52. The van der Waals surface area contributed by atoms with E-state index in [-0.39, 0.29) is 0 Å². The summed E-state index contributed by atoms with van der Waals surface area (Å²) in [5, 5.41) is 0. The molecule has 0 radical (unpaired) electrons. The number of hydrogen-bond acceptors (Lipinski definition) is 3.